The number of imide groups is 1. The van der Waals surface area contributed by atoms with Crippen LogP contribution in [0.25, 0.3) is 0 Å². The average molecular weight is 295 g/mol. The maximum atomic E-state index is 11.6. The van der Waals surface area contributed by atoms with Crippen molar-refractivity contribution in [3.63, 3.8) is 0 Å². The molecule has 0 fully saturated rings. The molecule has 0 spiro atoms. The molecule has 1 aliphatic rings. The number of nitrogens with zero attached hydrogens (tertiary/aromatic N) is 1. The number of amides is 2. The van der Waals surface area contributed by atoms with Gasteiger partial charge in [0, 0.05) is 24.1 Å². The van der Waals surface area contributed by atoms with Crippen molar-refractivity contribution < 1.29 is 14.3 Å². The van der Waals surface area contributed by atoms with E-state index in [0.717, 1.165) is 6.42 Å². The zero-order chi connectivity index (χ0) is 16.3. The van der Waals surface area contributed by atoms with Crippen molar-refractivity contribution in [2.45, 2.75) is 48.0 Å². The highest BCUT2D eigenvalue weighted by Gasteiger charge is 2.31. The van der Waals surface area contributed by atoms with E-state index >= 15 is 0 Å². The molecular formula is C17H29NO3. The fraction of sp³-hybridized carbons (Fsp3) is 0.765. The van der Waals surface area contributed by atoms with Gasteiger partial charge in [-0.1, -0.05) is 41.5 Å². The van der Waals surface area contributed by atoms with Crippen LogP contribution in [0.2, 0.25) is 0 Å². The van der Waals surface area contributed by atoms with Crippen molar-refractivity contribution in [3.05, 3.63) is 12.2 Å². The van der Waals surface area contributed by atoms with Gasteiger partial charge in [-0.15, -0.1) is 0 Å². The van der Waals surface area contributed by atoms with Crippen molar-refractivity contribution in [2.75, 3.05) is 19.8 Å². The Labute approximate surface area is 128 Å². The molecule has 0 aliphatic carbocycles. The predicted octanol–water partition coefficient (Wildman–Crippen LogP) is 3.03. The summed E-state index contributed by atoms with van der Waals surface area (Å²) < 4.78 is 5.88. The number of carbonyl (C=O) groups excluding carboxylic acids is 2. The summed E-state index contributed by atoms with van der Waals surface area (Å²) in [5.41, 5.74) is -0.101. The Hall–Kier alpha value is -1.16. The predicted molar refractivity (Wildman–Crippen MR) is 83.7 cm³/mol. The molecule has 0 saturated carbocycles. The molecule has 0 radical (unpaired) electrons. The van der Waals surface area contributed by atoms with Crippen LogP contribution in [0.15, 0.2) is 12.2 Å². The van der Waals surface area contributed by atoms with Crippen molar-refractivity contribution in [2.24, 2.45) is 16.7 Å². The topological polar surface area (TPSA) is 46.6 Å². The van der Waals surface area contributed by atoms with Crippen LogP contribution in [0.5, 0.6) is 0 Å². The summed E-state index contributed by atoms with van der Waals surface area (Å²) in [6, 6.07) is 0. The van der Waals surface area contributed by atoms with Crippen LogP contribution in [0, 0.1) is 16.7 Å². The molecule has 0 bridgehead atoms. The van der Waals surface area contributed by atoms with Crippen molar-refractivity contribution >= 4 is 11.8 Å². The van der Waals surface area contributed by atoms with Crippen LogP contribution in [0.1, 0.15) is 48.0 Å². The Kier molecular flexibility index (Phi) is 5.74. The molecule has 0 aromatic heterocycles. The number of hydrogen-bond acceptors (Lipinski definition) is 3. The van der Waals surface area contributed by atoms with E-state index in [1.807, 2.05) is 13.8 Å². The lowest BCUT2D eigenvalue weighted by Gasteiger charge is -2.32. The summed E-state index contributed by atoms with van der Waals surface area (Å²) in [4.78, 5) is 24.5. The van der Waals surface area contributed by atoms with Gasteiger partial charge in [-0.25, -0.2) is 0 Å². The largest absolute Gasteiger partial charge is 0.380 e. The molecule has 0 atom stereocenters. The summed E-state index contributed by atoms with van der Waals surface area (Å²) in [5, 5.41) is 0. The van der Waals surface area contributed by atoms with E-state index < -0.39 is 0 Å². The minimum absolute atomic E-state index is 0.144. The third kappa shape index (κ3) is 6.00. The Balaban J connectivity index is 2.43. The van der Waals surface area contributed by atoms with Gasteiger partial charge in [0.15, 0.2) is 0 Å². The van der Waals surface area contributed by atoms with Gasteiger partial charge in [-0.3, -0.25) is 14.5 Å². The Morgan fingerprint density at radius 1 is 1.00 bits per heavy atom. The van der Waals surface area contributed by atoms with Crippen molar-refractivity contribution in [1.82, 2.24) is 4.90 Å². The molecule has 1 heterocycles. The highest BCUT2D eigenvalue weighted by atomic mass is 16.5. The Morgan fingerprint density at radius 3 is 1.95 bits per heavy atom. The molecule has 0 aromatic rings. The summed E-state index contributed by atoms with van der Waals surface area (Å²) in [6.45, 7) is 14.5. The SMILES string of the molecule is CC(C)CC(C)(C)COCC(C)(C)CN1C(=O)C=CC1=O. The summed E-state index contributed by atoms with van der Waals surface area (Å²) in [6.07, 6.45) is 3.76. The van der Waals surface area contributed by atoms with E-state index in [4.69, 9.17) is 4.74 Å². The number of rotatable bonds is 8. The van der Waals surface area contributed by atoms with E-state index in [0.29, 0.717) is 25.7 Å². The first kappa shape index (κ1) is 17.9. The number of ether oxygens (including phenoxy) is 1. The molecule has 4 nitrogen and oxygen atoms in total. The second-order valence-corrected chi connectivity index (χ2v) is 8.02. The monoisotopic (exact) mass is 295 g/mol. The lowest BCUT2D eigenvalue weighted by atomic mass is 9.85. The summed E-state index contributed by atoms with van der Waals surface area (Å²) >= 11 is 0. The van der Waals surface area contributed by atoms with Crippen LogP contribution in [-0.4, -0.2) is 36.5 Å². The minimum atomic E-state index is -0.245. The quantitative estimate of drug-likeness (QED) is 0.647. The molecule has 120 valence electrons. The van der Waals surface area contributed by atoms with Gasteiger partial charge in [0.1, 0.15) is 0 Å². The van der Waals surface area contributed by atoms with Crippen LogP contribution < -0.4 is 0 Å². The summed E-state index contributed by atoms with van der Waals surface area (Å²) in [7, 11) is 0. The van der Waals surface area contributed by atoms with E-state index in [9.17, 15) is 9.59 Å². The number of carbonyl (C=O) groups is 2. The summed E-state index contributed by atoms with van der Waals surface area (Å²) in [5.74, 6) is 0.184. The van der Waals surface area contributed by atoms with Crippen LogP contribution >= 0.6 is 0 Å². The van der Waals surface area contributed by atoms with Gasteiger partial charge in [-0.05, 0) is 17.8 Å². The van der Waals surface area contributed by atoms with Gasteiger partial charge in [0.2, 0.25) is 0 Å². The maximum absolute atomic E-state index is 11.6. The molecule has 0 N–H and O–H groups in total. The normalized spacial score (nSPS) is 16.4. The molecule has 0 aromatic carbocycles. The van der Waals surface area contributed by atoms with Crippen molar-refractivity contribution in [1.29, 1.82) is 0 Å². The van der Waals surface area contributed by atoms with Gasteiger partial charge >= 0.3 is 0 Å². The van der Waals surface area contributed by atoms with E-state index in [-0.39, 0.29) is 22.6 Å². The molecule has 2 amide bonds. The van der Waals surface area contributed by atoms with E-state index in [2.05, 4.69) is 27.7 Å². The fourth-order valence-corrected chi connectivity index (χ4v) is 2.83. The zero-order valence-electron chi connectivity index (χ0n) is 14.2. The molecule has 0 saturated heterocycles. The Bertz CT molecular complexity index is 404. The van der Waals surface area contributed by atoms with Gasteiger partial charge in [0.25, 0.3) is 11.8 Å². The van der Waals surface area contributed by atoms with Gasteiger partial charge < -0.3 is 4.74 Å². The second kappa shape index (κ2) is 6.73. The minimum Gasteiger partial charge on any atom is -0.380 e. The zero-order valence-corrected chi connectivity index (χ0v) is 14.2. The highest BCUT2D eigenvalue weighted by Crippen LogP contribution is 2.27. The fourth-order valence-electron chi connectivity index (χ4n) is 2.83. The standard InChI is InChI=1S/C17H29NO3/c1-13(2)9-16(3,4)11-21-12-17(5,6)10-18-14(19)7-8-15(18)20/h7-8,13H,9-12H2,1-6H3. The highest BCUT2D eigenvalue weighted by molar-refractivity contribution is 6.12. The van der Waals surface area contributed by atoms with E-state index in [1.54, 1.807) is 0 Å². The smallest absolute Gasteiger partial charge is 0.253 e. The lowest BCUT2D eigenvalue weighted by Crippen LogP contribution is -2.41. The second-order valence-electron chi connectivity index (χ2n) is 8.02. The van der Waals surface area contributed by atoms with E-state index in [1.165, 1.54) is 17.1 Å². The first-order valence-electron chi connectivity index (χ1n) is 7.64. The Morgan fingerprint density at radius 2 is 1.48 bits per heavy atom. The number of hydrogen-bond donors (Lipinski definition) is 0. The third-order valence-corrected chi connectivity index (χ3v) is 3.43. The van der Waals surface area contributed by atoms with Gasteiger partial charge in [-0.2, -0.15) is 0 Å². The molecule has 1 rings (SSSR count). The molecule has 4 heteroatoms. The van der Waals surface area contributed by atoms with Crippen LogP contribution in [0.4, 0.5) is 0 Å². The lowest BCUT2D eigenvalue weighted by molar-refractivity contribution is -0.139. The van der Waals surface area contributed by atoms with Crippen molar-refractivity contribution in [3.8, 4) is 0 Å². The van der Waals surface area contributed by atoms with Gasteiger partial charge in [0.05, 0.1) is 13.2 Å². The first-order valence-corrected chi connectivity index (χ1v) is 7.64. The molecule has 0 unspecified atom stereocenters. The maximum Gasteiger partial charge on any atom is 0.253 e. The van der Waals surface area contributed by atoms with Crippen LogP contribution in [0.3, 0.4) is 0 Å². The molecular weight excluding hydrogens is 266 g/mol. The van der Waals surface area contributed by atoms with Crippen LogP contribution in [-0.2, 0) is 14.3 Å². The first-order chi connectivity index (χ1) is 9.52. The average Bonchev–Trinajstić information content (AvgIpc) is 2.58. The molecule has 1 aliphatic heterocycles. The molecule has 21 heavy (non-hydrogen) atoms. The third-order valence-electron chi connectivity index (χ3n) is 3.43.